The van der Waals surface area contributed by atoms with Crippen LogP contribution in [0.25, 0.3) is 0 Å². The van der Waals surface area contributed by atoms with Gasteiger partial charge in [0.15, 0.2) is 0 Å². The Balaban J connectivity index is 3.97. The number of hydrogen-bond donors (Lipinski definition) is 2. The highest BCUT2D eigenvalue weighted by Gasteiger charge is 2.25. The van der Waals surface area contributed by atoms with Crippen molar-refractivity contribution in [3.05, 3.63) is 24.3 Å². The highest BCUT2D eigenvalue weighted by Crippen LogP contribution is 2.43. The SMILES string of the molecule is CCCCC/C=C\C/C=C\CCCCCCCCCCCCOCC(COP(=O)(O)OCCN)OC(=O)CCCCCCCCCCCCCCCCC. The summed E-state index contributed by atoms with van der Waals surface area (Å²) >= 11 is 0. The molecule has 0 fully saturated rings. The van der Waals surface area contributed by atoms with Crippen LogP contribution in [0.2, 0.25) is 0 Å². The number of ether oxygens (including phenoxy) is 2. The number of unbranched alkanes of at least 4 members (excludes halogenated alkanes) is 27. The van der Waals surface area contributed by atoms with Gasteiger partial charge in [0.2, 0.25) is 0 Å². The van der Waals surface area contributed by atoms with Gasteiger partial charge >= 0.3 is 13.8 Å². The van der Waals surface area contributed by atoms with Gasteiger partial charge in [-0.05, 0) is 44.9 Å². The van der Waals surface area contributed by atoms with E-state index in [9.17, 15) is 14.3 Å². The molecular formula is C45H88NO7P. The number of hydrogen-bond acceptors (Lipinski definition) is 7. The first-order chi connectivity index (χ1) is 26.4. The number of allylic oxidation sites excluding steroid dienone is 4. The minimum absolute atomic E-state index is 0.0937. The van der Waals surface area contributed by atoms with Gasteiger partial charge in [-0.1, -0.05) is 192 Å². The van der Waals surface area contributed by atoms with Crippen molar-refractivity contribution in [1.82, 2.24) is 0 Å². The molecule has 0 aliphatic heterocycles. The molecule has 2 unspecified atom stereocenters. The lowest BCUT2D eigenvalue weighted by molar-refractivity contribution is -0.154. The Morgan fingerprint density at radius 2 is 0.981 bits per heavy atom. The molecule has 3 N–H and O–H groups in total. The van der Waals surface area contributed by atoms with E-state index in [4.69, 9.17) is 24.3 Å². The lowest BCUT2D eigenvalue weighted by atomic mass is 10.0. The van der Waals surface area contributed by atoms with E-state index in [-0.39, 0.29) is 32.3 Å². The fourth-order valence-electron chi connectivity index (χ4n) is 6.50. The summed E-state index contributed by atoms with van der Waals surface area (Å²) in [7, 11) is -4.27. The lowest BCUT2D eigenvalue weighted by Gasteiger charge is -2.20. The Morgan fingerprint density at radius 1 is 0.556 bits per heavy atom. The third-order valence-corrected chi connectivity index (χ3v) is 10.9. The van der Waals surface area contributed by atoms with Gasteiger partial charge in [0.25, 0.3) is 0 Å². The molecule has 0 radical (unpaired) electrons. The molecule has 0 aliphatic carbocycles. The van der Waals surface area contributed by atoms with Crippen molar-refractivity contribution in [3.63, 3.8) is 0 Å². The first-order valence-corrected chi connectivity index (χ1v) is 24.3. The van der Waals surface area contributed by atoms with E-state index in [0.29, 0.717) is 13.0 Å². The van der Waals surface area contributed by atoms with Gasteiger partial charge in [0.05, 0.1) is 19.8 Å². The van der Waals surface area contributed by atoms with Gasteiger partial charge in [-0.3, -0.25) is 13.8 Å². The molecule has 9 heteroatoms. The quantitative estimate of drug-likeness (QED) is 0.0271. The van der Waals surface area contributed by atoms with Crippen molar-refractivity contribution in [2.45, 2.75) is 225 Å². The highest BCUT2D eigenvalue weighted by atomic mass is 31.2. The topological polar surface area (TPSA) is 117 Å². The van der Waals surface area contributed by atoms with Crippen molar-refractivity contribution in [2.24, 2.45) is 5.73 Å². The van der Waals surface area contributed by atoms with Crippen LogP contribution < -0.4 is 5.73 Å². The van der Waals surface area contributed by atoms with E-state index in [0.717, 1.165) is 38.5 Å². The molecule has 0 aromatic carbocycles. The monoisotopic (exact) mass is 786 g/mol. The van der Waals surface area contributed by atoms with E-state index >= 15 is 0 Å². The van der Waals surface area contributed by atoms with Gasteiger partial charge in [0.1, 0.15) is 6.10 Å². The molecule has 0 saturated carbocycles. The van der Waals surface area contributed by atoms with Crippen molar-refractivity contribution < 1.29 is 32.8 Å². The highest BCUT2D eigenvalue weighted by molar-refractivity contribution is 7.47. The van der Waals surface area contributed by atoms with Crippen LogP contribution in [0.5, 0.6) is 0 Å². The summed E-state index contributed by atoms with van der Waals surface area (Å²) in [6.45, 7) is 4.93. The standard InChI is InChI=1S/C45H88NO7P/c1-3-5-7-9-11-13-15-17-19-20-21-22-23-25-27-29-31-33-35-37-40-50-42-44(43-52-54(48,49)51-41-39-46)53-45(47)38-36-34-32-30-28-26-24-18-16-14-12-10-8-6-4-2/h11,13,17,19,44H,3-10,12,14-16,18,20-43,46H2,1-2H3,(H,48,49)/b13-11-,19-17-. The number of nitrogens with two attached hydrogens (primary N) is 1. The van der Waals surface area contributed by atoms with Crippen LogP contribution in [0, 0.1) is 0 Å². The van der Waals surface area contributed by atoms with Crippen LogP contribution in [0.4, 0.5) is 0 Å². The van der Waals surface area contributed by atoms with Gasteiger partial charge in [-0.2, -0.15) is 0 Å². The fraction of sp³-hybridized carbons (Fsp3) is 0.889. The zero-order valence-corrected chi connectivity index (χ0v) is 36.4. The van der Waals surface area contributed by atoms with E-state index in [1.807, 2.05) is 0 Å². The maximum Gasteiger partial charge on any atom is 0.472 e. The van der Waals surface area contributed by atoms with E-state index < -0.39 is 13.9 Å². The zero-order chi connectivity index (χ0) is 39.5. The van der Waals surface area contributed by atoms with E-state index in [2.05, 4.69) is 38.2 Å². The summed E-state index contributed by atoms with van der Waals surface area (Å²) in [6.07, 6.45) is 47.6. The smallest absolute Gasteiger partial charge is 0.457 e. The summed E-state index contributed by atoms with van der Waals surface area (Å²) in [5.41, 5.74) is 5.37. The van der Waals surface area contributed by atoms with Crippen molar-refractivity contribution in [3.8, 4) is 0 Å². The first-order valence-electron chi connectivity index (χ1n) is 22.8. The average Bonchev–Trinajstić information content (AvgIpc) is 3.16. The molecule has 0 bridgehead atoms. The maximum atomic E-state index is 12.6. The molecule has 0 aliphatic rings. The van der Waals surface area contributed by atoms with Crippen LogP contribution >= 0.6 is 7.82 Å². The summed E-state index contributed by atoms with van der Waals surface area (Å²) in [4.78, 5) is 22.5. The number of rotatable bonds is 44. The summed E-state index contributed by atoms with van der Waals surface area (Å²) in [5.74, 6) is -0.328. The predicted octanol–water partition coefficient (Wildman–Crippen LogP) is 13.6. The largest absolute Gasteiger partial charge is 0.472 e. The Bertz CT molecular complexity index is 884. The summed E-state index contributed by atoms with van der Waals surface area (Å²) in [6, 6.07) is 0. The molecule has 2 atom stereocenters. The number of esters is 1. The van der Waals surface area contributed by atoms with Crippen LogP contribution in [-0.4, -0.2) is 49.9 Å². The van der Waals surface area contributed by atoms with Gasteiger partial charge in [-0.15, -0.1) is 0 Å². The van der Waals surface area contributed by atoms with Crippen molar-refractivity contribution in [2.75, 3.05) is 33.0 Å². The first kappa shape index (κ1) is 53.0. The normalized spacial score (nSPS) is 13.6. The third-order valence-electron chi connectivity index (χ3n) is 9.87. The molecule has 54 heavy (non-hydrogen) atoms. The second-order valence-corrected chi connectivity index (χ2v) is 16.7. The molecule has 320 valence electrons. The summed E-state index contributed by atoms with van der Waals surface area (Å²) < 4.78 is 33.5. The molecule has 0 rings (SSSR count). The number of phosphoric ester groups is 1. The zero-order valence-electron chi connectivity index (χ0n) is 35.5. The second kappa shape index (κ2) is 43.1. The summed E-state index contributed by atoms with van der Waals surface area (Å²) in [5, 5.41) is 0. The Kier molecular flexibility index (Phi) is 42.3. The molecule has 0 spiro atoms. The second-order valence-electron chi connectivity index (χ2n) is 15.3. The number of phosphoric acid groups is 1. The third kappa shape index (κ3) is 42.1. The van der Waals surface area contributed by atoms with Crippen LogP contribution in [0.3, 0.4) is 0 Å². The molecular weight excluding hydrogens is 697 g/mol. The van der Waals surface area contributed by atoms with Crippen molar-refractivity contribution >= 4 is 13.8 Å². The molecule has 0 heterocycles. The molecule has 0 aromatic rings. The fourth-order valence-corrected chi connectivity index (χ4v) is 7.26. The Labute approximate surface area is 334 Å². The predicted molar refractivity (Wildman–Crippen MR) is 229 cm³/mol. The van der Waals surface area contributed by atoms with Crippen LogP contribution in [0.15, 0.2) is 24.3 Å². The van der Waals surface area contributed by atoms with Crippen LogP contribution in [-0.2, 0) is 27.9 Å². The number of carbonyl (C=O) groups excluding carboxylic acids is 1. The molecule has 8 nitrogen and oxygen atoms in total. The van der Waals surface area contributed by atoms with Crippen molar-refractivity contribution in [1.29, 1.82) is 0 Å². The van der Waals surface area contributed by atoms with E-state index in [1.165, 1.54) is 161 Å². The van der Waals surface area contributed by atoms with Gasteiger partial charge < -0.3 is 20.1 Å². The Morgan fingerprint density at radius 3 is 1.48 bits per heavy atom. The Hall–Kier alpha value is -1.02. The van der Waals surface area contributed by atoms with Gasteiger partial charge in [-0.25, -0.2) is 4.57 Å². The maximum absolute atomic E-state index is 12.6. The average molecular weight is 786 g/mol. The lowest BCUT2D eigenvalue weighted by Crippen LogP contribution is -2.28. The molecule has 0 amide bonds. The van der Waals surface area contributed by atoms with E-state index in [1.54, 1.807) is 0 Å². The van der Waals surface area contributed by atoms with Crippen LogP contribution in [0.1, 0.15) is 219 Å². The minimum atomic E-state index is -4.27. The number of carbonyl (C=O) groups is 1. The minimum Gasteiger partial charge on any atom is -0.457 e. The molecule has 0 saturated heterocycles. The van der Waals surface area contributed by atoms with Gasteiger partial charge in [0, 0.05) is 19.6 Å². The molecule has 0 aromatic heterocycles.